The molecule has 2 fully saturated rings. The predicted octanol–water partition coefficient (Wildman–Crippen LogP) is 10.4. The molecule has 0 spiro atoms. The molecule has 2 aromatic rings. The average molecular weight is 537 g/mol. The van der Waals surface area contributed by atoms with Gasteiger partial charge in [0.2, 0.25) is 0 Å². The molecule has 0 radical (unpaired) electrons. The molecule has 1 nitrogen and oxygen atoms in total. The Kier molecular flexibility index (Phi) is 10.1. The second kappa shape index (κ2) is 13.3. The van der Waals surface area contributed by atoms with Crippen molar-refractivity contribution in [2.45, 2.75) is 103 Å². The van der Waals surface area contributed by atoms with Crippen LogP contribution in [0.5, 0.6) is 5.75 Å². The minimum atomic E-state index is -4.00. The van der Waals surface area contributed by atoms with Crippen LogP contribution in [-0.2, 0) is 12.5 Å². The first-order valence-corrected chi connectivity index (χ1v) is 14.6. The van der Waals surface area contributed by atoms with Gasteiger partial charge in [0, 0.05) is 0 Å². The zero-order chi connectivity index (χ0) is 27.1. The van der Waals surface area contributed by atoms with Crippen molar-refractivity contribution in [3.8, 4) is 5.75 Å². The third-order valence-electron chi connectivity index (χ3n) is 9.00. The summed E-state index contributed by atoms with van der Waals surface area (Å²) in [5.41, 5.74) is -0.0309. The van der Waals surface area contributed by atoms with Crippen molar-refractivity contribution < 1.29 is 26.7 Å². The Balaban J connectivity index is 1.18. The number of halogens is 5. The van der Waals surface area contributed by atoms with Crippen molar-refractivity contribution >= 4 is 0 Å². The molecule has 6 heteroatoms. The van der Waals surface area contributed by atoms with Gasteiger partial charge in [0.05, 0.1) is 5.56 Å². The van der Waals surface area contributed by atoms with Crippen LogP contribution in [0, 0.1) is 41.1 Å². The summed E-state index contributed by atoms with van der Waals surface area (Å²) in [5, 5.41) is 0. The minimum Gasteiger partial charge on any atom is -0.429 e. The van der Waals surface area contributed by atoms with E-state index in [1.807, 2.05) is 0 Å². The zero-order valence-electron chi connectivity index (χ0n) is 22.5. The maximum Gasteiger partial charge on any atom is 0.426 e. The van der Waals surface area contributed by atoms with Crippen molar-refractivity contribution in [1.29, 1.82) is 0 Å². The predicted molar refractivity (Wildman–Crippen MR) is 141 cm³/mol. The molecule has 0 saturated heterocycles. The Morgan fingerprint density at radius 3 is 1.79 bits per heavy atom. The smallest absolute Gasteiger partial charge is 0.426 e. The second-order valence-electron chi connectivity index (χ2n) is 11.6. The Hall–Kier alpha value is -2.11. The molecule has 2 aromatic carbocycles. The van der Waals surface area contributed by atoms with E-state index >= 15 is 0 Å². The van der Waals surface area contributed by atoms with Crippen molar-refractivity contribution in [3.63, 3.8) is 0 Å². The van der Waals surface area contributed by atoms with E-state index < -0.39 is 29.1 Å². The van der Waals surface area contributed by atoms with E-state index in [0.717, 1.165) is 36.2 Å². The average Bonchev–Trinajstić information content (AvgIpc) is 2.92. The van der Waals surface area contributed by atoms with Crippen molar-refractivity contribution in [2.24, 2.45) is 23.7 Å². The van der Waals surface area contributed by atoms with Crippen LogP contribution in [0.3, 0.4) is 0 Å². The topological polar surface area (TPSA) is 9.23 Å². The first-order valence-electron chi connectivity index (χ1n) is 14.6. The lowest BCUT2D eigenvalue weighted by molar-refractivity contribution is -0.185. The van der Waals surface area contributed by atoms with Gasteiger partial charge in [-0.25, -0.2) is 13.2 Å². The van der Waals surface area contributed by atoms with Crippen LogP contribution < -0.4 is 4.74 Å². The number of hydrogen-bond acceptors (Lipinski definition) is 1. The maximum absolute atomic E-state index is 14.4. The van der Waals surface area contributed by atoms with E-state index in [9.17, 15) is 22.0 Å². The third-order valence-corrected chi connectivity index (χ3v) is 9.00. The minimum absolute atomic E-state index is 0.121. The molecule has 0 bridgehead atoms. The SMILES string of the molecule is CCCCCC1CCC(C2CCC(CCc3ccc(OC(F)(F)c4cc(F)c(F)c(F)c4)cc3)CC2)CC1. The van der Waals surface area contributed by atoms with Crippen LogP contribution in [0.2, 0.25) is 0 Å². The molecule has 0 atom stereocenters. The highest BCUT2D eigenvalue weighted by Gasteiger charge is 2.36. The van der Waals surface area contributed by atoms with E-state index in [1.165, 1.54) is 89.2 Å². The summed E-state index contributed by atoms with van der Waals surface area (Å²) in [7, 11) is 0. The van der Waals surface area contributed by atoms with Crippen LogP contribution >= 0.6 is 0 Å². The fraction of sp³-hybridized carbons (Fsp3) is 0.625. The van der Waals surface area contributed by atoms with E-state index in [0.29, 0.717) is 5.92 Å². The molecule has 210 valence electrons. The number of aryl methyl sites for hydroxylation is 1. The Bertz CT molecular complexity index is 982. The lowest BCUT2D eigenvalue weighted by Gasteiger charge is -2.38. The standard InChI is InChI=1S/C32H41F5O/c1-2-3-4-5-22-8-14-25(15-9-22)26-16-10-23(11-17-26)6-7-24-12-18-28(19-13-24)38-32(36,37)27-20-29(33)31(35)30(34)21-27/h12-13,18-23,25-26H,2-11,14-17H2,1H3. The largest absolute Gasteiger partial charge is 0.429 e. The van der Waals surface area contributed by atoms with E-state index in [4.69, 9.17) is 4.74 Å². The fourth-order valence-electron chi connectivity index (χ4n) is 6.61. The Labute approximate surface area is 224 Å². The van der Waals surface area contributed by atoms with Gasteiger partial charge in [0.25, 0.3) is 0 Å². The summed E-state index contributed by atoms with van der Waals surface area (Å²) in [4.78, 5) is 0. The molecule has 0 heterocycles. The van der Waals surface area contributed by atoms with Gasteiger partial charge in [0.1, 0.15) is 5.75 Å². The fourth-order valence-corrected chi connectivity index (χ4v) is 6.61. The first-order chi connectivity index (χ1) is 18.2. The molecular weight excluding hydrogens is 495 g/mol. The lowest BCUT2D eigenvalue weighted by atomic mass is 9.68. The van der Waals surface area contributed by atoms with Crippen molar-refractivity contribution in [1.82, 2.24) is 0 Å². The molecule has 0 N–H and O–H groups in total. The molecule has 0 unspecified atom stereocenters. The van der Waals surface area contributed by atoms with E-state index in [2.05, 4.69) is 6.92 Å². The monoisotopic (exact) mass is 536 g/mol. The van der Waals surface area contributed by atoms with Crippen molar-refractivity contribution in [3.05, 3.63) is 65.0 Å². The Morgan fingerprint density at radius 1 is 0.737 bits per heavy atom. The van der Waals surface area contributed by atoms with Gasteiger partial charge in [-0.3, -0.25) is 0 Å². The van der Waals surface area contributed by atoms with Gasteiger partial charge in [-0.15, -0.1) is 0 Å². The molecular formula is C32H41F5O. The quantitative estimate of drug-likeness (QED) is 0.158. The second-order valence-corrected chi connectivity index (χ2v) is 11.6. The highest BCUT2D eigenvalue weighted by molar-refractivity contribution is 5.29. The zero-order valence-corrected chi connectivity index (χ0v) is 22.5. The van der Waals surface area contributed by atoms with Gasteiger partial charge in [-0.1, -0.05) is 70.4 Å². The molecule has 0 aliphatic heterocycles. The van der Waals surface area contributed by atoms with Gasteiger partial charge < -0.3 is 4.74 Å². The van der Waals surface area contributed by atoms with Crippen LogP contribution in [-0.4, -0.2) is 0 Å². The highest BCUT2D eigenvalue weighted by Crippen LogP contribution is 2.43. The van der Waals surface area contributed by atoms with Crippen molar-refractivity contribution in [2.75, 3.05) is 0 Å². The number of alkyl halides is 2. The van der Waals surface area contributed by atoms with E-state index in [-0.39, 0.29) is 17.9 Å². The molecule has 0 aromatic heterocycles. The molecule has 2 aliphatic carbocycles. The van der Waals surface area contributed by atoms with Gasteiger partial charge in [-0.05, 0) is 92.0 Å². The summed E-state index contributed by atoms with van der Waals surface area (Å²) < 4.78 is 73.3. The number of benzene rings is 2. The highest BCUT2D eigenvalue weighted by atomic mass is 19.3. The van der Waals surface area contributed by atoms with Crippen LogP contribution in [0.15, 0.2) is 36.4 Å². The number of ether oxygens (including phenoxy) is 1. The molecule has 38 heavy (non-hydrogen) atoms. The van der Waals surface area contributed by atoms with Gasteiger partial charge in [0.15, 0.2) is 17.5 Å². The Morgan fingerprint density at radius 2 is 1.26 bits per heavy atom. The van der Waals surface area contributed by atoms with Crippen LogP contribution in [0.4, 0.5) is 22.0 Å². The summed E-state index contributed by atoms with van der Waals surface area (Å²) in [6.45, 7) is 2.27. The number of hydrogen-bond donors (Lipinski definition) is 0. The summed E-state index contributed by atoms with van der Waals surface area (Å²) in [6, 6.07) is 6.88. The van der Waals surface area contributed by atoms with Gasteiger partial charge in [-0.2, -0.15) is 8.78 Å². The first kappa shape index (κ1) is 28.9. The lowest BCUT2D eigenvalue weighted by Crippen LogP contribution is -2.26. The summed E-state index contributed by atoms with van der Waals surface area (Å²) >= 11 is 0. The van der Waals surface area contributed by atoms with E-state index in [1.54, 1.807) is 12.1 Å². The van der Waals surface area contributed by atoms with Gasteiger partial charge >= 0.3 is 6.11 Å². The molecule has 2 aliphatic rings. The number of unbranched alkanes of at least 4 members (excludes halogenated alkanes) is 2. The van der Waals surface area contributed by atoms with Crippen LogP contribution in [0.1, 0.15) is 102 Å². The molecule has 4 rings (SSSR count). The maximum atomic E-state index is 14.4. The van der Waals surface area contributed by atoms with Crippen LogP contribution in [0.25, 0.3) is 0 Å². The number of rotatable bonds is 11. The summed E-state index contributed by atoms with van der Waals surface area (Å²) in [6.07, 6.45) is 14.4. The molecule has 2 saturated carbocycles. The normalized spacial score (nSPS) is 24.4. The third kappa shape index (κ3) is 7.72. The molecule has 0 amide bonds. The summed E-state index contributed by atoms with van der Waals surface area (Å²) in [5.74, 6) is -1.79.